The molecule has 1 atom stereocenters. The number of alkyl halides is 3. The number of benzene rings is 1. The molecule has 0 saturated carbocycles. The van der Waals surface area contributed by atoms with Gasteiger partial charge in [-0.05, 0) is 24.6 Å². The van der Waals surface area contributed by atoms with E-state index < -0.39 is 17.6 Å². The third-order valence-electron chi connectivity index (χ3n) is 2.84. The molecule has 94 valence electrons. The van der Waals surface area contributed by atoms with Gasteiger partial charge in [-0.1, -0.05) is 0 Å². The fourth-order valence-electron chi connectivity index (χ4n) is 1.94. The standard InChI is InChI=1S/C11H12F4N2/c12-9-2-1-7(11(13,14)15)5-10(9)17-4-3-8(16)6-17/h1-2,5,8H,3-4,6,16H2. The van der Waals surface area contributed by atoms with Gasteiger partial charge in [-0.15, -0.1) is 0 Å². The summed E-state index contributed by atoms with van der Waals surface area (Å²) in [5, 5.41) is 0. The summed E-state index contributed by atoms with van der Waals surface area (Å²) in [6.45, 7) is 0.873. The minimum absolute atomic E-state index is 0.0206. The summed E-state index contributed by atoms with van der Waals surface area (Å²) in [7, 11) is 0. The number of hydrogen-bond acceptors (Lipinski definition) is 2. The van der Waals surface area contributed by atoms with Crippen molar-refractivity contribution in [2.75, 3.05) is 18.0 Å². The van der Waals surface area contributed by atoms with E-state index in [1.54, 1.807) is 4.90 Å². The van der Waals surface area contributed by atoms with Crippen LogP contribution in [0.5, 0.6) is 0 Å². The molecule has 2 nitrogen and oxygen atoms in total. The van der Waals surface area contributed by atoms with Gasteiger partial charge in [0.2, 0.25) is 0 Å². The molecule has 0 bridgehead atoms. The number of halogens is 4. The van der Waals surface area contributed by atoms with E-state index in [1.807, 2.05) is 0 Å². The van der Waals surface area contributed by atoms with Crippen molar-refractivity contribution >= 4 is 5.69 Å². The van der Waals surface area contributed by atoms with Crippen molar-refractivity contribution in [2.45, 2.75) is 18.6 Å². The van der Waals surface area contributed by atoms with Crippen LogP contribution >= 0.6 is 0 Å². The average Bonchev–Trinajstić information content (AvgIpc) is 2.63. The van der Waals surface area contributed by atoms with Crippen LogP contribution in [0.4, 0.5) is 23.2 Å². The molecule has 0 amide bonds. The molecule has 0 radical (unpaired) electrons. The Morgan fingerprint density at radius 2 is 2.00 bits per heavy atom. The van der Waals surface area contributed by atoms with E-state index in [2.05, 4.69) is 0 Å². The second-order valence-corrected chi connectivity index (χ2v) is 4.16. The van der Waals surface area contributed by atoms with Gasteiger partial charge in [0.05, 0.1) is 11.3 Å². The SMILES string of the molecule is NC1CCN(c2cc(C(F)(F)F)ccc2F)C1. The highest BCUT2D eigenvalue weighted by Crippen LogP contribution is 2.33. The van der Waals surface area contributed by atoms with E-state index in [0.717, 1.165) is 18.2 Å². The number of anilines is 1. The fourth-order valence-corrected chi connectivity index (χ4v) is 1.94. The zero-order valence-electron chi connectivity index (χ0n) is 8.97. The Balaban J connectivity index is 2.33. The van der Waals surface area contributed by atoms with Crippen LogP contribution in [0.15, 0.2) is 18.2 Å². The monoisotopic (exact) mass is 248 g/mol. The molecule has 0 aliphatic carbocycles. The Bertz CT molecular complexity index is 416. The first-order valence-electron chi connectivity index (χ1n) is 5.25. The summed E-state index contributed by atoms with van der Waals surface area (Å²) in [6, 6.07) is 2.33. The highest BCUT2D eigenvalue weighted by molar-refractivity contribution is 5.51. The van der Waals surface area contributed by atoms with Crippen molar-refractivity contribution in [3.8, 4) is 0 Å². The van der Waals surface area contributed by atoms with Crippen molar-refractivity contribution < 1.29 is 17.6 Å². The third-order valence-corrected chi connectivity index (χ3v) is 2.84. The van der Waals surface area contributed by atoms with Gasteiger partial charge in [0.1, 0.15) is 5.82 Å². The first-order chi connectivity index (χ1) is 7.88. The maximum atomic E-state index is 13.5. The normalized spacial score (nSPS) is 21.0. The van der Waals surface area contributed by atoms with Gasteiger partial charge < -0.3 is 10.6 Å². The quantitative estimate of drug-likeness (QED) is 0.773. The molecule has 1 aromatic rings. The summed E-state index contributed by atoms with van der Waals surface area (Å²) < 4.78 is 51.0. The van der Waals surface area contributed by atoms with Crippen LogP contribution < -0.4 is 10.6 Å². The van der Waals surface area contributed by atoms with Crippen molar-refractivity contribution in [2.24, 2.45) is 5.73 Å². The van der Waals surface area contributed by atoms with E-state index in [1.165, 1.54) is 0 Å². The molecule has 2 rings (SSSR count). The zero-order valence-corrected chi connectivity index (χ0v) is 8.97. The average molecular weight is 248 g/mol. The largest absolute Gasteiger partial charge is 0.416 e. The highest BCUT2D eigenvalue weighted by Gasteiger charge is 2.32. The van der Waals surface area contributed by atoms with E-state index in [4.69, 9.17) is 5.73 Å². The van der Waals surface area contributed by atoms with Crippen LogP contribution in [0.3, 0.4) is 0 Å². The zero-order chi connectivity index (χ0) is 12.6. The van der Waals surface area contributed by atoms with Gasteiger partial charge in [-0.2, -0.15) is 13.2 Å². The molecule has 1 unspecified atom stereocenters. The van der Waals surface area contributed by atoms with E-state index in [-0.39, 0.29) is 11.7 Å². The lowest BCUT2D eigenvalue weighted by Gasteiger charge is -2.20. The highest BCUT2D eigenvalue weighted by atomic mass is 19.4. The Labute approximate surface area is 96.0 Å². The van der Waals surface area contributed by atoms with Crippen LogP contribution in [0.1, 0.15) is 12.0 Å². The Hall–Kier alpha value is -1.30. The van der Waals surface area contributed by atoms with Gasteiger partial charge in [0, 0.05) is 19.1 Å². The van der Waals surface area contributed by atoms with E-state index in [9.17, 15) is 17.6 Å². The number of hydrogen-bond donors (Lipinski definition) is 1. The maximum Gasteiger partial charge on any atom is 0.416 e. The minimum atomic E-state index is -4.45. The molecule has 17 heavy (non-hydrogen) atoms. The first-order valence-corrected chi connectivity index (χ1v) is 5.25. The summed E-state index contributed by atoms with van der Waals surface area (Å²) in [5.41, 5.74) is 4.79. The summed E-state index contributed by atoms with van der Waals surface area (Å²) >= 11 is 0. The first kappa shape index (κ1) is 12.2. The smallest absolute Gasteiger partial charge is 0.368 e. The molecular weight excluding hydrogens is 236 g/mol. The van der Waals surface area contributed by atoms with Crippen LogP contribution in [0, 0.1) is 5.82 Å². The molecule has 6 heteroatoms. The van der Waals surface area contributed by atoms with Gasteiger partial charge in [0.15, 0.2) is 0 Å². The third kappa shape index (κ3) is 2.52. The van der Waals surface area contributed by atoms with Crippen LogP contribution in [0.25, 0.3) is 0 Å². The topological polar surface area (TPSA) is 29.3 Å². The van der Waals surface area contributed by atoms with Gasteiger partial charge in [0.25, 0.3) is 0 Å². The second-order valence-electron chi connectivity index (χ2n) is 4.16. The Morgan fingerprint density at radius 3 is 2.53 bits per heavy atom. The van der Waals surface area contributed by atoms with Gasteiger partial charge in [-0.25, -0.2) is 4.39 Å². The summed E-state index contributed by atoms with van der Waals surface area (Å²) in [5.74, 6) is -0.646. The van der Waals surface area contributed by atoms with Gasteiger partial charge in [-0.3, -0.25) is 0 Å². The molecule has 0 aromatic heterocycles. The second kappa shape index (κ2) is 4.18. The lowest BCUT2D eigenvalue weighted by atomic mass is 10.1. The summed E-state index contributed by atoms with van der Waals surface area (Å²) in [4.78, 5) is 1.55. The molecule has 1 aliphatic heterocycles. The Kier molecular flexibility index (Phi) is 2.99. The fraction of sp³-hybridized carbons (Fsp3) is 0.455. The number of rotatable bonds is 1. The summed E-state index contributed by atoms with van der Waals surface area (Å²) in [6.07, 6.45) is -3.79. The van der Waals surface area contributed by atoms with E-state index >= 15 is 0 Å². The lowest BCUT2D eigenvalue weighted by molar-refractivity contribution is -0.137. The predicted octanol–water partition coefficient (Wildman–Crippen LogP) is 2.38. The molecule has 1 aliphatic rings. The van der Waals surface area contributed by atoms with E-state index in [0.29, 0.717) is 19.5 Å². The maximum absolute atomic E-state index is 13.5. The molecule has 1 fully saturated rings. The Morgan fingerprint density at radius 1 is 1.29 bits per heavy atom. The van der Waals surface area contributed by atoms with Crippen molar-refractivity contribution in [3.63, 3.8) is 0 Å². The number of nitrogens with zero attached hydrogens (tertiary/aromatic N) is 1. The van der Waals surface area contributed by atoms with Gasteiger partial charge >= 0.3 is 6.18 Å². The van der Waals surface area contributed by atoms with Crippen LogP contribution in [-0.2, 0) is 6.18 Å². The molecular formula is C11H12F4N2. The molecule has 0 spiro atoms. The predicted molar refractivity (Wildman–Crippen MR) is 56.2 cm³/mol. The van der Waals surface area contributed by atoms with Crippen molar-refractivity contribution in [3.05, 3.63) is 29.6 Å². The molecule has 1 heterocycles. The molecule has 1 aromatic carbocycles. The number of nitrogens with two attached hydrogens (primary N) is 1. The minimum Gasteiger partial charge on any atom is -0.368 e. The van der Waals surface area contributed by atoms with Crippen LogP contribution in [-0.4, -0.2) is 19.1 Å². The molecule has 1 saturated heterocycles. The lowest BCUT2D eigenvalue weighted by Crippen LogP contribution is -2.27. The van der Waals surface area contributed by atoms with Crippen molar-refractivity contribution in [1.29, 1.82) is 0 Å². The van der Waals surface area contributed by atoms with Crippen LogP contribution in [0.2, 0.25) is 0 Å². The molecule has 2 N–H and O–H groups in total. The van der Waals surface area contributed by atoms with Crippen molar-refractivity contribution in [1.82, 2.24) is 0 Å².